The molecule has 2 atom stereocenters. The molecule has 3 rings (SSSR count). The number of cyclic esters (lactones) is 1. The van der Waals surface area contributed by atoms with Crippen LogP contribution >= 0.6 is 0 Å². The molecule has 0 saturated carbocycles. The summed E-state index contributed by atoms with van der Waals surface area (Å²) in [7, 11) is 0. The van der Waals surface area contributed by atoms with E-state index < -0.39 is 5.41 Å². The number of unbranched alkanes of at least 4 members (excludes halogenated alkanes) is 1. The van der Waals surface area contributed by atoms with Crippen molar-refractivity contribution in [1.29, 1.82) is 0 Å². The third-order valence-electron chi connectivity index (χ3n) is 4.77. The van der Waals surface area contributed by atoms with Crippen molar-refractivity contribution in [2.24, 2.45) is 0 Å². The quantitative estimate of drug-likeness (QED) is 0.576. The van der Waals surface area contributed by atoms with E-state index in [1.807, 2.05) is 48.5 Å². The lowest BCUT2D eigenvalue weighted by Gasteiger charge is -2.34. The molecule has 0 spiro atoms. The first-order valence-electron chi connectivity index (χ1n) is 8.21. The Morgan fingerprint density at radius 1 is 1.04 bits per heavy atom. The van der Waals surface area contributed by atoms with Gasteiger partial charge in [-0.2, -0.15) is 0 Å². The first-order chi connectivity index (χ1) is 11.2. The second-order valence-corrected chi connectivity index (χ2v) is 6.12. The summed E-state index contributed by atoms with van der Waals surface area (Å²) in [5.41, 5.74) is 2.24. The molecule has 2 aromatic carbocycles. The number of hydrogen-bond donors (Lipinski definition) is 0. The summed E-state index contributed by atoms with van der Waals surface area (Å²) in [6.07, 6.45) is 2.64. The van der Waals surface area contributed by atoms with E-state index in [-0.39, 0.29) is 12.1 Å². The van der Waals surface area contributed by atoms with Gasteiger partial charge in [0.1, 0.15) is 6.10 Å². The van der Waals surface area contributed by atoms with Crippen molar-refractivity contribution in [2.45, 2.75) is 37.7 Å². The lowest BCUT2D eigenvalue weighted by Crippen LogP contribution is -2.31. The maximum absolute atomic E-state index is 12.4. The van der Waals surface area contributed by atoms with Crippen LogP contribution in [0.3, 0.4) is 0 Å². The highest BCUT2D eigenvalue weighted by Gasteiger charge is 2.53. The Bertz CT molecular complexity index is 690. The molecule has 0 aliphatic carbocycles. The molecule has 2 aromatic rings. The highest BCUT2D eigenvalue weighted by molar-refractivity contribution is 5.94. The highest BCUT2D eigenvalue weighted by atomic mass is 16.6. The van der Waals surface area contributed by atoms with E-state index in [1.165, 1.54) is 0 Å². The normalized spacial score (nSPS) is 23.8. The lowest BCUT2D eigenvalue weighted by atomic mass is 9.67. The van der Waals surface area contributed by atoms with Crippen molar-refractivity contribution >= 4 is 5.97 Å². The van der Waals surface area contributed by atoms with E-state index in [1.54, 1.807) is 0 Å². The molecule has 118 valence electrons. The lowest BCUT2D eigenvalue weighted by molar-refractivity contribution is -0.139. The molecule has 0 N–H and O–H groups in total. The second-order valence-electron chi connectivity index (χ2n) is 6.12. The fraction of sp³-hybridized carbons (Fsp3) is 0.286. The number of hydrogen-bond acceptors (Lipinski definition) is 2. The molecule has 0 unspecified atom stereocenters. The summed E-state index contributed by atoms with van der Waals surface area (Å²) in [5.74, 6) is -0.279. The van der Waals surface area contributed by atoms with E-state index in [4.69, 9.17) is 4.74 Å². The standard InChI is InChI=1S/C21H22O2/c1-3-4-15-21(18-13-9-6-10-14-18)16(2)20(22)23-19(21)17-11-7-5-8-12-17/h5-14,19H,2-4,15H2,1H3/t19-,21-/m0/s1. The van der Waals surface area contributed by atoms with Crippen LogP contribution in [0.4, 0.5) is 0 Å². The van der Waals surface area contributed by atoms with Gasteiger partial charge in [0, 0.05) is 5.57 Å². The van der Waals surface area contributed by atoms with Gasteiger partial charge in [0.05, 0.1) is 5.41 Å². The number of rotatable bonds is 5. The number of benzene rings is 2. The van der Waals surface area contributed by atoms with Crippen molar-refractivity contribution in [2.75, 3.05) is 0 Å². The predicted molar refractivity (Wildman–Crippen MR) is 92.1 cm³/mol. The summed E-state index contributed by atoms with van der Waals surface area (Å²) in [4.78, 5) is 12.4. The summed E-state index contributed by atoms with van der Waals surface area (Å²) in [5, 5.41) is 0. The first kappa shape index (κ1) is 15.5. The van der Waals surface area contributed by atoms with E-state index in [9.17, 15) is 4.79 Å². The van der Waals surface area contributed by atoms with Gasteiger partial charge in [-0.25, -0.2) is 4.79 Å². The predicted octanol–water partition coefficient (Wildman–Crippen LogP) is 4.97. The van der Waals surface area contributed by atoms with Crippen molar-refractivity contribution in [3.63, 3.8) is 0 Å². The Hall–Kier alpha value is -2.35. The van der Waals surface area contributed by atoms with Crippen LogP contribution in [0.25, 0.3) is 0 Å². The van der Waals surface area contributed by atoms with Crippen molar-refractivity contribution in [3.8, 4) is 0 Å². The molecule has 0 amide bonds. The Kier molecular flexibility index (Phi) is 4.33. The summed E-state index contributed by atoms with van der Waals surface area (Å²) >= 11 is 0. The number of ether oxygens (including phenoxy) is 1. The van der Waals surface area contributed by atoms with Crippen LogP contribution in [-0.2, 0) is 14.9 Å². The van der Waals surface area contributed by atoms with Gasteiger partial charge >= 0.3 is 5.97 Å². The Morgan fingerprint density at radius 2 is 1.65 bits per heavy atom. The minimum atomic E-state index is -0.476. The van der Waals surface area contributed by atoms with Crippen LogP contribution in [0.1, 0.15) is 43.4 Å². The SMILES string of the molecule is C=C1C(=O)O[C@@H](c2ccccc2)[C@]1(CCCC)c1ccccc1. The molecule has 1 aliphatic rings. The highest BCUT2D eigenvalue weighted by Crippen LogP contribution is 2.53. The van der Waals surface area contributed by atoms with Crippen molar-refractivity contribution < 1.29 is 9.53 Å². The monoisotopic (exact) mass is 306 g/mol. The summed E-state index contributed by atoms with van der Waals surface area (Å²) in [6, 6.07) is 20.2. The Labute approximate surface area is 137 Å². The fourth-order valence-electron chi connectivity index (χ4n) is 3.54. The first-order valence-corrected chi connectivity index (χ1v) is 8.21. The fourth-order valence-corrected chi connectivity index (χ4v) is 3.54. The van der Waals surface area contributed by atoms with Gasteiger partial charge in [-0.05, 0) is 17.5 Å². The topological polar surface area (TPSA) is 26.3 Å². The number of carbonyl (C=O) groups is 1. The molecule has 2 nitrogen and oxygen atoms in total. The molecular formula is C21H22O2. The van der Waals surface area contributed by atoms with Crippen LogP contribution in [0.15, 0.2) is 72.8 Å². The Balaban J connectivity index is 2.16. The van der Waals surface area contributed by atoms with Crippen LogP contribution in [-0.4, -0.2) is 5.97 Å². The smallest absolute Gasteiger partial charge is 0.335 e. The number of esters is 1. The molecule has 1 saturated heterocycles. The third kappa shape index (κ3) is 2.59. The van der Waals surface area contributed by atoms with Gasteiger partial charge in [0.2, 0.25) is 0 Å². The van der Waals surface area contributed by atoms with Gasteiger partial charge in [-0.3, -0.25) is 0 Å². The average molecular weight is 306 g/mol. The molecule has 23 heavy (non-hydrogen) atoms. The van der Waals surface area contributed by atoms with Crippen molar-refractivity contribution in [3.05, 3.63) is 83.9 Å². The summed E-state index contributed by atoms with van der Waals surface area (Å²) < 4.78 is 5.79. The second kappa shape index (κ2) is 6.41. The summed E-state index contributed by atoms with van der Waals surface area (Å²) in [6.45, 7) is 6.28. The Morgan fingerprint density at radius 3 is 2.26 bits per heavy atom. The van der Waals surface area contributed by atoms with E-state index >= 15 is 0 Å². The van der Waals surface area contributed by atoms with Crippen LogP contribution in [0.2, 0.25) is 0 Å². The average Bonchev–Trinajstić information content (AvgIpc) is 2.87. The zero-order valence-electron chi connectivity index (χ0n) is 13.5. The van der Waals surface area contributed by atoms with Crippen LogP contribution in [0.5, 0.6) is 0 Å². The number of carbonyl (C=O) groups excluding carboxylic acids is 1. The maximum Gasteiger partial charge on any atom is 0.335 e. The largest absolute Gasteiger partial charge is 0.453 e. The minimum Gasteiger partial charge on any atom is -0.453 e. The van der Waals surface area contributed by atoms with Crippen LogP contribution in [0, 0.1) is 0 Å². The van der Waals surface area contributed by atoms with Gasteiger partial charge in [0.15, 0.2) is 0 Å². The molecular weight excluding hydrogens is 284 g/mol. The van der Waals surface area contributed by atoms with E-state index in [0.717, 1.165) is 30.4 Å². The molecule has 0 aromatic heterocycles. The molecule has 0 radical (unpaired) electrons. The third-order valence-corrected chi connectivity index (χ3v) is 4.77. The van der Waals surface area contributed by atoms with Crippen LogP contribution < -0.4 is 0 Å². The molecule has 1 fully saturated rings. The van der Waals surface area contributed by atoms with Gasteiger partial charge in [-0.15, -0.1) is 0 Å². The van der Waals surface area contributed by atoms with E-state index in [0.29, 0.717) is 5.57 Å². The molecule has 2 heteroatoms. The van der Waals surface area contributed by atoms with Gasteiger partial charge in [-0.1, -0.05) is 87.0 Å². The van der Waals surface area contributed by atoms with Gasteiger partial charge in [0.25, 0.3) is 0 Å². The minimum absolute atomic E-state index is 0.279. The maximum atomic E-state index is 12.4. The molecule has 1 aliphatic heterocycles. The zero-order chi connectivity index (χ0) is 16.3. The molecule has 0 bridgehead atoms. The van der Waals surface area contributed by atoms with Gasteiger partial charge < -0.3 is 4.74 Å². The van der Waals surface area contributed by atoms with E-state index in [2.05, 4.69) is 25.6 Å². The molecule has 1 heterocycles. The zero-order valence-corrected chi connectivity index (χ0v) is 13.5. The van der Waals surface area contributed by atoms with Crippen molar-refractivity contribution in [1.82, 2.24) is 0 Å².